The Bertz CT molecular complexity index is 2040. The summed E-state index contributed by atoms with van der Waals surface area (Å²) in [5.41, 5.74) is 13.9. The van der Waals surface area contributed by atoms with Crippen molar-refractivity contribution < 1.29 is 14.7 Å². The topological polar surface area (TPSA) is 149 Å². The van der Waals surface area contributed by atoms with E-state index < -0.39 is 5.97 Å². The van der Waals surface area contributed by atoms with Crippen LogP contribution in [0.15, 0.2) is 120 Å². The number of anilines is 8. The van der Waals surface area contributed by atoms with E-state index in [1.165, 1.54) is 16.8 Å². The van der Waals surface area contributed by atoms with Gasteiger partial charge in [-0.3, -0.25) is 9.59 Å². The fourth-order valence-corrected chi connectivity index (χ4v) is 7.21. The van der Waals surface area contributed by atoms with Crippen molar-refractivity contribution in [3.05, 3.63) is 131 Å². The number of thiazole rings is 2. The average molecular weight is 747 g/mol. The third-order valence-electron chi connectivity index (χ3n) is 8.52. The van der Waals surface area contributed by atoms with Crippen LogP contribution in [0.4, 0.5) is 44.4 Å². The number of aromatic nitrogens is 2. The summed E-state index contributed by atoms with van der Waals surface area (Å²) < 4.78 is 0. The largest absolute Gasteiger partial charge is 0.480 e. The van der Waals surface area contributed by atoms with E-state index in [0.29, 0.717) is 6.54 Å². The average Bonchev–Trinajstić information content (AvgIpc) is 3.89. The van der Waals surface area contributed by atoms with Gasteiger partial charge in [0.1, 0.15) is 6.54 Å². The number of aryl methyl sites for hydroxylation is 2. The van der Waals surface area contributed by atoms with Crippen molar-refractivity contribution in [2.45, 2.75) is 25.7 Å². The van der Waals surface area contributed by atoms with Crippen LogP contribution in [0.25, 0.3) is 0 Å². The molecule has 272 valence electrons. The Morgan fingerprint density at radius 2 is 1.13 bits per heavy atom. The number of nitrogen functional groups attached to an aromatic ring is 1. The molecule has 0 unspecified atom stereocenters. The van der Waals surface area contributed by atoms with Crippen LogP contribution >= 0.6 is 22.7 Å². The molecule has 6 N–H and O–H groups in total. The fraction of sp³-hybridized carbons (Fsp3) is 0.200. The number of carboxylic acids is 1. The predicted molar refractivity (Wildman–Crippen MR) is 218 cm³/mol. The van der Waals surface area contributed by atoms with Crippen molar-refractivity contribution in [2.24, 2.45) is 0 Å². The summed E-state index contributed by atoms with van der Waals surface area (Å²) in [5, 5.41) is 23.7. The monoisotopic (exact) mass is 746 g/mol. The number of hydrogen-bond acceptors (Lipinski definition) is 11. The smallest absolute Gasteiger partial charge is 0.323 e. The zero-order valence-corrected chi connectivity index (χ0v) is 30.8. The highest BCUT2D eigenvalue weighted by molar-refractivity contribution is 7.13. The Morgan fingerprint density at radius 3 is 1.62 bits per heavy atom. The maximum absolute atomic E-state index is 12.5. The highest BCUT2D eigenvalue weighted by atomic mass is 32.1. The minimum Gasteiger partial charge on any atom is -0.480 e. The van der Waals surface area contributed by atoms with Crippen LogP contribution in [0, 0.1) is 0 Å². The lowest BCUT2D eigenvalue weighted by atomic mass is 10.0. The normalized spacial score (nSPS) is 12.8. The van der Waals surface area contributed by atoms with Crippen LogP contribution in [0.3, 0.4) is 0 Å². The van der Waals surface area contributed by atoms with Crippen molar-refractivity contribution in [1.82, 2.24) is 9.97 Å². The Balaban J connectivity index is 0.000000150. The summed E-state index contributed by atoms with van der Waals surface area (Å²) in [6, 6.07) is 31.6. The summed E-state index contributed by atoms with van der Waals surface area (Å²) in [4.78, 5) is 35.5. The minimum absolute atomic E-state index is 0.00216. The molecule has 2 aromatic heterocycles. The number of aliphatic carboxylic acids is 1. The van der Waals surface area contributed by atoms with Gasteiger partial charge in [0, 0.05) is 70.4 Å². The first-order valence-corrected chi connectivity index (χ1v) is 19.1. The van der Waals surface area contributed by atoms with E-state index in [1.807, 2.05) is 88.5 Å². The molecule has 0 atom stereocenters. The first-order valence-electron chi connectivity index (χ1n) is 17.4. The highest BCUT2D eigenvalue weighted by Gasteiger charge is 2.19. The summed E-state index contributed by atoms with van der Waals surface area (Å²) in [5.74, 6) is -0.760. The molecule has 2 aliphatic heterocycles. The van der Waals surface area contributed by atoms with Crippen molar-refractivity contribution in [3.8, 4) is 0 Å². The Morgan fingerprint density at radius 1 is 0.660 bits per heavy atom. The van der Waals surface area contributed by atoms with Gasteiger partial charge in [0.15, 0.2) is 10.3 Å². The van der Waals surface area contributed by atoms with Crippen LogP contribution < -0.4 is 31.5 Å². The van der Waals surface area contributed by atoms with Gasteiger partial charge in [0.05, 0.1) is 6.54 Å². The number of nitrogens with two attached hydrogens (primary N) is 1. The molecule has 4 aromatic carbocycles. The van der Waals surface area contributed by atoms with E-state index in [-0.39, 0.29) is 12.5 Å². The van der Waals surface area contributed by atoms with Crippen LogP contribution in [0.2, 0.25) is 0 Å². The van der Waals surface area contributed by atoms with Crippen molar-refractivity contribution in [2.75, 3.05) is 57.7 Å². The molecule has 0 bridgehead atoms. The second-order valence-electron chi connectivity index (χ2n) is 12.4. The van der Waals surface area contributed by atoms with E-state index in [4.69, 9.17) is 10.8 Å². The van der Waals surface area contributed by atoms with Gasteiger partial charge in [-0.05, 0) is 97.5 Å². The second-order valence-corrected chi connectivity index (χ2v) is 14.2. The molecule has 6 aromatic rings. The van der Waals surface area contributed by atoms with Crippen LogP contribution in [-0.4, -0.2) is 53.1 Å². The number of carboxylic acid groups (broad SMARTS) is 1. The molecule has 0 spiro atoms. The van der Waals surface area contributed by atoms with E-state index >= 15 is 0 Å². The van der Waals surface area contributed by atoms with Crippen molar-refractivity contribution >= 4 is 78.9 Å². The number of para-hydroxylation sites is 2. The molecule has 4 heterocycles. The molecule has 0 radical (unpaired) electrons. The molecular formula is C40H42N8O3S2. The minimum atomic E-state index is -0.762. The molecule has 2 aliphatic rings. The molecule has 0 aliphatic carbocycles. The van der Waals surface area contributed by atoms with Gasteiger partial charge >= 0.3 is 5.97 Å². The number of carbonyl (C=O) groups is 2. The van der Waals surface area contributed by atoms with Gasteiger partial charge in [0.25, 0.3) is 0 Å². The number of amides is 1. The predicted octanol–water partition coefficient (Wildman–Crippen LogP) is 8.27. The molecule has 53 heavy (non-hydrogen) atoms. The van der Waals surface area contributed by atoms with Crippen molar-refractivity contribution in [3.63, 3.8) is 0 Å². The lowest BCUT2D eigenvalue weighted by molar-refractivity contribution is -0.135. The molecule has 0 saturated carbocycles. The first-order chi connectivity index (χ1) is 25.9. The molecule has 1 amide bonds. The summed E-state index contributed by atoms with van der Waals surface area (Å²) in [6.07, 6.45) is 7.81. The number of nitrogens with zero attached hydrogens (tertiary/aromatic N) is 4. The zero-order chi connectivity index (χ0) is 36.8. The first kappa shape index (κ1) is 36.9. The van der Waals surface area contributed by atoms with Gasteiger partial charge in [-0.2, -0.15) is 0 Å². The summed E-state index contributed by atoms with van der Waals surface area (Å²) in [6.45, 7) is 2.25. The van der Waals surface area contributed by atoms with Crippen molar-refractivity contribution in [1.29, 1.82) is 0 Å². The number of hydrogen-bond donors (Lipinski definition) is 5. The van der Waals surface area contributed by atoms with Gasteiger partial charge in [-0.25, -0.2) is 9.97 Å². The summed E-state index contributed by atoms with van der Waals surface area (Å²) in [7, 11) is 0. The van der Waals surface area contributed by atoms with Gasteiger partial charge in [-0.1, -0.05) is 36.4 Å². The number of carbonyl (C=O) groups excluding carboxylic acids is 1. The highest BCUT2D eigenvalue weighted by Crippen LogP contribution is 2.28. The Kier molecular flexibility index (Phi) is 12.9. The molecule has 11 nitrogen and oxygen atoms in total. The van der Waals surface area contributed by atoms with Crippen LogP contribution in [-0.2, 0) is 22.4 Å². The summed E-state index contributed by atoms with van der Waals surface area (Å²) >= 11 is 3.12. The lowest BCUT2D eigenvalue weighted by Gasteiger charge is -2.30. The standard InChI is InChI=1S/C20H20N4OS.C11H13NO2.C9H9N3S/c25-19(14-24-12-3-5-15-4-1-2-6-18(15)24)22-16-7-9-17(10-8-16)23-20-21-11-13-26-20;13-11(14)8-12-7-3-5-9-4-1-2-6-10(9)12;10-7-1-3-8(4-2-7)12-9-11-5-6-13-9/h1-2,4,6-11,13H,3,5,12,14H2,(H,21,23)(H,22,25);1-2,4,6H,3,5,7-8H2,(H,13,14);1-6H,10H2,(H,11,12). The lowest BCUT2D eigenvalue weighted by Crippen LogP contribution is -2.36. The number of nitrogens with one attached hydrogen (secondary N) is 3. The molecule has 0 fully saturated rings. The number of rotatable bonds is 9. The second kappa shape index (κ2) is 18.5. The van der Waals surface area contributed by atoms with Gasteiger partial charge < -0.3 is 36.6 Å². The van der Waals surface area contributed by atoms with E-state index in [9.17, 15) is 9.59 Å². The SMILES string of the molecule is Nc1ccc(Nc2nccs2)cc1.O=C(CN1CCCc2ccccc21)Nc1ccc(Nc2nccs2)cc1.O=C(O)CN1CCCc2ccccc21. The fourth-order valence-electron chi connectivity index (χ4n) is 6.11. The van der Waals surface area contributed by atoms with Gasteiger partial charge in [0.2, 0.25) is 5.91 Å². The van der Waals surface area contributed by atoms with E-state index in [0.717, 1.165) is 77.5 Å². The van der Waals surface area contributed by atoms with Gasteiger partial charge in [-0.15, -0.1) is 22.7 Å². The maximum Gasteiger partial charge on any atom is 0.323 e. The number of fused-ring (bicyclic) bond motifs is 2. The molecule has 13 heteroatoms. The van der Waals surface area contributed by atoms with Crippen LogP contribution in [0.5, 0.6) is 0 Å². The van der Waals surface area contributed by atoms with E-state index in [2.05, 4.69) is 55.1 Å². The Hall–Kier alpha value is -5.92. The molecule has 8 rings (SSSR count). The quantitative estimate of drug-likeness (QED) is 0.0916. The molecule has 0 saturated heterocycles. The van der Waals surface area contributed by atoms with E-state index in [1.54, 1.807) is 35.1 Å². The van der Waals surface area contributed by atoms with Crippen LogP contribution in [0.1, 0.15) is 24.0 Å². The molecular weight excluding hydrogens is 705 g/mol. The Labute approximate surface area is 317 Å². The zero-order valence-electron chi connectivity index (χ0n) is 29.2. The third-order valence-corrected chi connectivity index (χ3v) is 9.90. The third kappa shape index (κ3) is 11.0. The number of benzene rings is 4. The maximum atomic E-state index is 12.5.